The average molecular weight is 271 g/mol. The first kappa shape index (κ1) is 14.5. The summed E-state index contributed by atoms with van der Waals surface area (Å²) in [7, 11) is -0.918. The summed E-state index contributed by atoms with van der Waals surface area (Å²) in [5.41, 5.74) is 0.0280. The third kappa shape index (κ3) is 4.03. The molecule has 0 heterocycles. The van der Waals surface area contributed by atoms with Gasteiger partial charge in [0.15, 0.2) is 0 Å². The maximum absolute atomic E-state index is 11.7. The van der Waals surface area contributed by atoms with Gasteiger partial charge in [0.05, 0.1) is 5.56 Å². The predicted octanol–water partition coefficient (Wildman–Crippen LogP) is 0.985. The van der Waals surface area contributed by atoms with Crippen LogP contribution in [0.15, 0.2) is 18.2 Å². The zero-order valence-electron chi connectivity index (χ0n) is 10.3. The second kappa shape index (κ2) is 6.39. The molecule has 1 aromatic rings. The first-order chi connectivity index (χ1) is 8.41. The molecule has 0 aliphatic carbocycles. The van der Waals surface area contributed by atoms with E-state index in [0.29, 0.717) is 13.0 Å². The van der Waals surface area contributed by atoms with Crippen molar-refractivity contribution in [2.24, 2.45) is 0 Å². The van der Waals surface area contributed by atoms with Crippen molar-refractivity contribution < 1.29 is 19.2 Å². The molecule has 6 heteroatoms. The highest BCUT2D eigenvalue weighted by atomic mass is 32.2. The molecule has 1 aromatic carbocycles. The van der Waals surface area contributed by atoms with E-state index >= 15 is 0 Å². The molecule has 0 aliphatic rings. The number of carbonyl (C=O) groups excluding carboxylic acids is 1. The largest absolute Gasteiger partial charge is 0.508 e. The van der Waals surface area contributed by atoms with Crippen LogP contribution in [0, 0.1) is 0 Å². The first-order valence-corrected chi connectivity index (χ1v) is 7.16. The summed E-state index contributed by atoms with van der Waals surface area (Å²) >= 11 is 0. The Morgan fingerprint density at radius 1 is 1.44 bits per heavy atom. The maximum Gasteiger partial charge on any atom is 0.255 e. The number of hydrogen-bond acceptors (Lipinski definition) is 4. The van der Waals surface area contributed by atoms with E-state index in [0.717, 1.165) is 0 Å². The lowest BCUT2D eigenvalue weighted by atomic mass is 10.1. The van der Waals surface area contributed by atoms with Crippen LogP contribution in [-0.4, -0.2) is 38.4 Å². The molecule has 0 saturated carbocycles. The zero-order chi connectivity index (χ0) is 13.7. The summed E-state index contributed by atoms with van der Waals surface area (Å²) in [6, 6.07) is 3.76. The lowest BCUT2D eigenvalue weighted by Crippen LogP contribution is -2.27. The smallest absolute Gasteiger partial charge is 0.255 e. The molecule has 0 fully saturated rings. The lowest BCUT2D eigenvalue weighted by molar-refractivity contribution is 0.0950. The molecule has 2 unspecified atom stereocenters. The Labute approximate surface area is 108 Å². The minimum Gasteiger partial charge on any atom is -0.508 e. The van der Waals surface area contributed by atoms with Crippen LogP contribution in [-0.2, 0) is 10.8 Å². The van der Waals surface area contributed by atoms with Gasteiger partial charge < -0.3 is 15.5 Å². The van der Waals surface area contributed by atoms with Gasteiger partial charge in [-0.05, 0) is 24.6 Å². The first-order valence-electron chi connectivity index (χ1n) is 5.54. The number of carbonyl (C=O) groups is 1. The quantitative estimate of drug-likeness (QED) is 0.697. The fourth-order valence-corrected chi connectivity index (χ4v) is 1.81. The van der Waals surface area contributed by atoms with E-state index in [1.807, 2.05) is 6.92 Å². The Bertz CT molecular complexity index is 461. The van der Waals surface area contributed by atoms with E-state index < -0.39 is 16.7 Å². The third-order valence-electron chi connectivity index (χ3n) is 2.63. The minimum absolute atomic E-state index is 0.00285. The molecule has 0 saturated heterocycles. The van der Waals surface area contributed by atoms with Gasteiger partial charge in [0.2, 0.25) is 0 Å². The summed E-state index contributed by atoms with van der Waals surface area (Å²) in [6.07, 6.45) is 2.21. The van der Waals surface area contributed by atoms with Gasteiger partial charge >= 0.3 is 0 Å². The Balaban J connectivity index is 2.55. The summed E-state index contributed by atoms with van der Waals surface area (Å²) in [5, 5.41) is 21.3. The second-order valence-electron chi connectivity index (χ2n) is 4.06. The Kier molecular flexibility index (Phi) is 5.15. The topological polar surface area (TPSA) is 86.6 Å². The van der Waals surface area contributed by atoms with Gasteiger partial charge in [-0.15, -0.1) is 0 Å². The normalized spacial score (nSPS) is 13.9. The number of amides is 1. The highest BCUT2D eigenvalue weighted by Crippen LogP contribution is 2.21. The molecule has 0 aliphatic heterocycles. The summed E-state index contributed by atoms with van der Waals surface area (Å²) in [5.74, 6) is -0.726. The van der Waals surface area contributed by atoms with E-state index in [2.05, 4.69) is 5.32 Å². The maximum atomic E-state index is 11.7. The molecule has 18 heavy (non-hydrogen) atoms. The SMILES string of the molecule is CC(CCNC(=O)c1cc(O)ccc1O)S(C)=O. The van der Waals surface area contributed by atoms with Gasteiger partial charge in [0.1, 0.15) is 11.5 Å². The lowest BCUT2D eigenvalue weighted by Gasteiger charge is -2.10. The van der Waals surface area contributed by atoms with Gasteiger partial charge in [-0.3, -0.25) is 9.00 Å². The van der Waals surface area contributed by atoms with E-state index in [1.165, 1.54) is 18.2 Å². The molecule has 0 bridgehead atoms. The molecule has 100 valence electrons. The zero-order valence-corrected chi connectivity index (χ0v) is 11.2. The molecule has 0 aromatic heterocycles. The monoisotopic (exact) mass is 271 g/mol. The molecular formula is C12H17NO4S. The van der Waals surface area contributed by atoms with Crippen molar-refractivity contribution >= 4 is 16.7 Å². The predicted molar refractivity (Wildman–Crippen MR) is 70.3 cm³/mol. The second-order valence-corrected chi connectivity index (χ2v) is 5.86. The van der Waals surface area contributed by atoms with E-state index in [9.17, 15) is 19.2 Å². The van der Waals surface area contributed by atoms with Crippen molar-refractivity contribution in [2.45, 2.75) is 18.6 Å². The van der Waals surface area contributed by atoms with Crippen molar-refractivity contribution in [1.82, 2.24) is 5.32 Å². The van der Waals surface area contributed by atoms with Crippen molar-refractivity contribution in [2.75, 3.05) is 12.8 Å². The summed E-state index contributed by atoms with van der Waals surface area (Å²) < 4.78 is 11.1. The molecule has 0 spiro atoms. The number of benzene rings is 1. The number of aromatic hydroxyl groups is 2. The van der Waals surface area contributed by atoms with E-state index in [-0.39, 0.29) is 22.3 Å². The van der Waals surface area contributed by atoms with Crippen LogP contribution in [0.5, 0.6) is 11.5 Å². The number of nitrogens with one attached hydrogen (secondary N) is 1. The number of hydrogen-bond donors (Lipinski definition) is 3. The number of rotatable bonds is 5. The fourth-order valence-electron chi connectivity index (χ4n) is 1.36. The van der Waals surface area contributed by atoms with Gasteiger partial charge in [-0.1, -0.05) is 6.92 Å². The summed E-state index contributed by atoms with van der Waals surface area (Å²) in [6.45, 7) is 2.21. The van der Waals surface area contributed by atoms with Crippen molar-refractivity contribution in [1.29, 1.82) is 0 Å². The number of phenolic OH excluding ortho intramolecular Hbond substituents is 2. The standard InChI is InChI=1S/C12H17NO4S/c1-8(18(2)17)5-6-13-12(16)10-7-9(14)3-4-11(10)15/h3-4,7-8,14-15H,5-6H2,1-2H3,(H,13,16). The number of phenols is 2. The highest BCUT2D eigenvalue weighted by Gasteiger charge is 2.12. The summed E-state index contributed by atoms with van der Waals surface area (Å²) in [4.78, 5) is 11.7. The van der Waals surface area contributed by atoms with Gasteiger partial charge in [0, 0.05) is 28.9 Å². The minimum atomic E-state index is -0.918. The Morgan fingerprint density at radius 3 is 2.72 bits per heavy atom. The Hall–Kier alpha value is -1.56. The van der Waals surface area contributed by atoms with E-state index in [1.54, 1.807) is 6.26 Å². The average Bonchev–Trinajstić information content (AvgIpc) is 2.31. The van der Waals surface area contributed by atoms with Crippen LogP contribution in [0.1, 0.15) is 23.7 Å². The Morgan fingerprint density at radius 2 is 2.11 bits per heavy atom. The molecular weight excluding hydrogens is 254 g/mol. The molecule has 1 rings (SSSR count). The van der Waals surface area contributed by atoms with Crippen LogP contribution >= 0.6 is 0 Å². The molecule has 2 atom stereocenters. The van der Waals surface area contributed by atoms with Crippen LogP contribution in [0.25, 0.3) is 0 Å². The molecule has 1 amide bonds. The molecule has 3 N–H and O–H groups in total. The van der Waals surface area contributed by atoms with E-state index in [4.69, 9.17) is 0 Å². The van der Waals surface area contributed by atoms with Crippen LogP contribution in [0.4, 0.5) is 0 Å². The fraction of sp³-hybridized carbons (Fsp3) is 0.417. The molecule has 5 nitrogen and oxygen atoms in total. The van der Waals surface area contributed by atoms with Crippen LogP contribution in [0.3, 0.4) is 0 Å². The third-order valence-corrected chi connectivity index (χ3v) is 4.00. The van der Waals surface area contributed by atoms with Gasteiger partial charge in [-0.25, -0.2) is 0 Å². The molecule has 0 radical (unpaired) electrons. The van der Waals surface area contributed by atoms with Gasteiger partial charge in [-0.2, -0.15) is 0 Å². The van der Waals surface area contributed by atoms with Crippen molar-refractivity contribution in [3.8, 4) is 11.5 Å². The van der Waals surface area contributed by atoms with Gasteiger partial charge in [0.25, 0.3) is 5.91 Å². The van der Waals surface area contributed by atoms with Crippen molar-refractivity contribution in [3.63, 3.8) is 0 Å². The highest BCUT2D eigenvalue weighted by molar-refractivity contribution is 7.84. The van der Waals surface area contributed by atoms with Crippen LogP contribution < -0.4 is 5.32 Å². The van der Waals surface area contributed by atoms with Crippen LogP contribution in [0.2, 0.25) is 0 Å². The van der Waals surface area contributed by atoms with Crippen molar-refractivity contribution in [3.05, 3.63) is 23.8 Å².